The molecule has 1 fully saturated rings. The van der Waals surface area contributed by atoms with E-state index in [0.29, 0.717) is 6.04 Å². The second-order valence-electron chi connectivity index (χ2n) is 5.03. The minimum absolute atomic E-state index is 0.683. The third-order valence-corrected chi connectivity index (χ3v) is 3.51. The Morgan fingerprint density at radius 1 is 1.40 bits per heavy atom. The van der Waals surface area contributed by atoms with E-state index in [1.165, 1.54) is 51.9 Å². The zero-order chi connectivity index (χ0) is 11.1. The Hall–Kier alpha value is -0.0800. The number of nitrogens with zero attached hydrogens (tertiary/aromatic N) is 1. The predicted octanol–water partition coefficient (Wildman–Crippen LogP) is 2.50. The molecule has 2 heteroatoms. The Morgan fingerprint density at radius 2 is 2.20 bits per heavy atom. The molecule has 1 N–H and O–H groups in total. The SMILES string of the molecule is CCCCC(CC)CN1CCNC(C)C1. The number of piperazine rings is 1. The van der Waals surface area contributed by atoms with Gasteiger partial charge in [0.05, 0.1) is 0 Å². The van der Waals surface area contributed by atoms with Crippen LogP contribution in [0.4, 0.5) is 0 Å². The van der Waals surface area contributed by atoms with Crippen molar-refractivity contribution >= 4 is 0 Å². The second-order valence-corrected chi connectivity index (χ2v) is 5.03. The molecule has 0 aromatic heterocycles. The Morgan fingerprint density at radius 3 is 2.80 bits per heavy atom. The summed E-state index contributed by atoms with van der Waals surface area (Å²) in [5.41, 5.74) is 0. The van der Waals surface area contributed by atoms with Gasteiger partial charge in [0.25, 0.3) is 0 Å². The van der Waals surface area contributed by atoms with E-state index in [2.05, 4.69) is 31.0 Å². The summed E-state index contributed by atoms with van der Waals surface area (Å²) in [4.78, 5) is 2.64. The van der Waals surface area contributed by atoms with Crippen LogP contribution in [0.3, 0.4) is 0 Å². The van der Waals surface area contributed by atoms with Crippen molar-refractivity contribution in [1.82, 2.24) is 10.2 Å². The van der Waals surface area contributed by atoms with E-state index in [1.54, 1.807) is 0 Å². The Bertz CT molecular complexity index is 159. The van der Waals surface area contributed by atoms with Gasteiger partial charge < -0.3 is 10.2 Å². The molecule has 0 aromatic carbocycles. The lowest BCUT2D eigenvalue weighted by atomic mass is 9.98. The Kier molecular flexibility index (Phi) is 6.26. The van der Waals surface area contributed by atoms with Gasteiger partial charge in [0.1, 0.15) is 0 Å². The number of hydrogen-bond donors (Lipinski definition) is 1. The summed E-state index contributed by atoms with van der Waals surface area (Å²) in [6.07, 6.45) is 5.51. The molecule has 1 saturated heterocycles. The summed E-state index contributed by atoms with van der Waals surface area (Å²) in [5.74, 6) is 0.926. The van der Waals surface area contributed by atoms with Crippen LogP contribution in [0.15, 0.2) is 0 Å². The standard InChI is InChI=1S/C13H28N2/c1-4-6-7-13(5-2)11-15-9-8-14-12(3)10-15/h12-14H,4-11H2,1-3H3. The molecule has 0 amide bonds. The summed E-state index contributed by atoms with van der Waals surface area (Å²) in [7, 11) is 0. The molecule has 90 valence electrons. The molecule has 0 aliphatic carbocycles. The maximum absolute atomic E-state index is 3.50. The van der Waals surface area contributed by atoms with Gasteiger partial charge >= 0.3 is 0 Å². The highest BCUT2D eigenvalue weighted by atomic mass is 15.2. The fraction of sp³-hybridized carbons (Fsp3) is 1.00. The third-order valence-electron chi connectivity index (χ3n) is 3.51. The third kappa shape index (κ3) is 4.98. The maximum Gasteiger partial charge on any atom is 0.0167 e. The first kappa shape index (κ1) is 13.0. The predicted molar refractivity (Wildman–Crippen MR) is 67.2 cm³/mol. The van der Waals surface area contributed by atoms with Gasteiger partial charge in [-0.25, -0.2) is 0 Å². The topological polar surface area (TPSA) is 15.3 Å². The fourth-order valence-corrected chi connectivity index (χ4v) is 2.46. The highest BCUT2D eigenvalue weighted by Gasteiger charge is 2.18. The highest BCUT2D eigenvalue weighted by molar-refractivity contribution is 4.76. The molecule has 1 heterocycles. The van der Waals surface area contributed by atoms with Crippen LogP contribution in [0.1, 0.15) is 46.5 Å². The van der Waals surface area contributed by atoms with Crippen molar-refractivity contribution in [1.29, 1.82) is 0 Å². The summed E-state index contributed by atoms with van der Waals surface area (Å²) < 4.78 is 0. The highest BCUT2D eigenvalue weighted by Crippen LogP contribution is 2.15. The quantitative estimate of drug-likeness (QED) is 0.728. The van der Waals surface area contributed by atoms with E-state index in [9.17, 15) is 0 Å². The number of nitrogens with one attached hydrogen (secondary N) is 1. The van der Waals surface area contributed by atoms with Gasteiger partial charge in [0.15, 0.2) is 0 Å². The van der Waals surface area contributed by atoms with E-state index in [0.717, 1.165) is 5.92 Å². The van der Waals surface area contributed by atoms with Crippen molar-refractivity contribution in [3.05, 3.63) is 0 Å². The Labute approximate surface area is 95.4 Å². The lowest BCUT2D eigenvalue weighted by Gasteiger charge is -2.34. The van der Waals surface area contributed by atoms with Crippen LogP contribution in [0.2, 0.25) is 0 Å². The summed E-state index contributed by atoms with van der Waals surface area (Å²) in [6, 6.07) is 0.683. The van der Waals surface area contributed by atoms with Gasteiger partial charge in [-0.05, 0) is 19.3 Å². The second kappa shape index (κ2) is 7.24. The van der Waals surface area contributed by atoms with Gasteiger partial charge in [0.2, 0.25) is 0 Å². The average molecular weight is 212 g/mol. The van der Waals surface area contributed by atoms with Crippen LogP contribution < -0.4 is 5.32 Å². The molecule has 0 radical (unpaired) electrons. The molecule has 0 spiro atoms. The van der Waals surface area contributed by atoms with Gasteiger partial charge in [-0.3, -0.25) is 0 Å². The van der Waals surface area contributed by atoms with Crippen LogP contribution in [-0.2, 0) is 0 Å². The van der Waals surface area contributed by atoms with Crippen molar-refractivity contribution in [3.63, 3.8) is 0 Å². The molecular formula is C13H28N2. The van der Waals surface area contributed by atoms with Crippen LogP contribution in [0, 0.1) is 5.92 Å². The lowest BCUT2D eigenvalue weighted by Crippen LogP contribution is -2.50. The smallest absolute Gasteiger partial charge is 0.0167 e. The van der Waals surface area contributed by atoms with E-state index in [-0.39, 0.29) is 0 Å². The lowest BCUT2D eigenvalue weighted by molar-refractivity contribution is 0.171. The molecule has 0 saturated carbocycles. The number of rotatable bonds is 6. The molecule has 1 aliphatic rings. The average Bonchev–Trinajstić information content (AvgIpc) is 2.24. The van der Waals surface area contributed by atoms with Crippen molar-refractivity contribution in [2.45, 2.75) is 52.5 Å². The molecular weight excluding hydrogens is 184 g/mol. The minimum atomic E-state index is 0.683. The van der Waals surface area contributed by atoms with Gasteiger partial charge in [-0.2, -0.15) is 0 Å². The number of unbranched alkanes of at least 4 members (excludes halogenated alkanes) is 1. The first-order valence-corrected chi connectivity index (χ1v) is 6.72. The van der Waals surface area contributed by atoms with Crippen molar-refractivity contribution in [3.8, 4) is 0 Å². The van der Waals surface area contributed by atoms with Crippen molar-refractivity contribution in [2.24, 2.45) is 5.92 Å². The van der Waals surface area contributed by atoms with E-state index < -0.39 is 0 Å². The van der Waals surface area contributed by atoms with Gasteiger partial charge in [0, 0.05) is 32.2 Å². The Balaban J connectivity index is 2.24. The first-order valence-electron chi connectivity index (χ1n) is 6.72. The number of hydrogen-bond acceptors (Lipinski definition) is 2. The van der Waals surface area contributed by atoms with E-state index in [1.807, 2.05) is 0 Å². The fourth-order valence-electron chi connectivity index (χ4n) is 2.46. The summed E-state index contributed by atoms with van der Waals surface area (Å²) in [6.45, 7) is 11.9. The van der Waals surface area contributed by atoms with Crippen molar-refractivity contribution < 1.29 is 0 Å². The molecule has 1 rings (SSSR count). The molecule has 15 heavy (non-hydrogen) atoms. The zero-order valence-electron chi connectivity index (χ0n) is 10.8. The van der Waals surface area contributed by atoms with Crippen LogP contribution in [0.25, 0.3) is 0 Å². The largest absolute Gasteiger partial charge is 0.312 e. The van der Waals surface area contributed by atoms with Crippen LogP contribution >= 0.6 is 0 Å². The van der Waals surface area contributed by atoms with E-state index in [4.69, 9.17) is 0 Å². The van der Waals surface area contributed by atoms with Crippen LogP contribution in [0.5, 0.6) is 0 Å². The monoisotopic (exact) mass is 212 g/mol. The van der Waals surface area contributed by atoms with E-state index >= 15 is 0 Å². The summed E-state index contributed by atoms with van der Waals surface area (Å²) >= 11 is 0. The van der Waals surface area contributed by atoms with Crippen molar-refractivity contribution in [2.75, 3.05) is 26.2 Å². The molecule has 1 aliphatic heterocycles. The van der Waals surface area contributed by atoms with Crippen LogP contribution in [-0.4, -0.2) is 37.1 Å². The first-order chi connectivity index (χ1) is 7.26. The van der Waals surface area contributed by atoms with Gasteiger partial charge in [-0.1, -0.05) is 33.1 Å². The molecule has 0 bridgehead atoms. The molecule has 2 nitrogen and oxygen atoms in total. The van der Waals surface area contributed by atoms with Gasteiger partial charge in [-0.15, -0.1) is 0 Å². The maximum atomic E-state index is 3.50. The molecule has 0 aromatic rings. The molecule has 2 unspecified atom stereocenters. The normalized spacial score (nSPS) is 25.4. The zero-order valence-corrected chi connectivity index (χ0v) is 10.8. The minimum Gasteiger partial charge on any atom is -0.312 e. The summed E-state index contributed by atoms with van der Waals surface area (Å²) in [5, 5.41) is 3.50. The molecule has 2 atom stereocenters.